The highest BCUT2D eigenvalue weighted by Crippen LogP contribution is 2.40. The van der Waals surface area contributed by atoms with Crippen LogP contribution >= 0.6 is 15.9 Å². The Labute approximate surface area is 155 Å². The third-order valence-corrected chi connectivity index (χ3v) is 6.14. The van der Waals surface area contributed by atoms with Gasteiger partial charge in [-0.1, -0.05) is 39.7 Å². The molecule has 1 heterocycles. The smallest absolute Gasteiger partial charge is 0.297 e. The average molecular weight is 427 g/mol. The minimum Gasteiger partial charge on any atom is -0.378 e. The van der Waals surface area contributed by atoms with Crippen molar-refractivity contribution in [2.45, 2.75) is 31.0 Å². The molecular formula is C18H19BrO5S. The van der Waals surface area contributed by atoms with Crippen LogP contribution in [0.3, 0.4) is 0 Å². The van der Waals surface area contributed by atoms with Gasteiger partial charge in [0.25, 0.3) is 10.1 Å². The van der Waals surface area contributed by atoms with Crippen LogP contribution in [0.2, 0.25) is 0 Å². The second kappa shape index (κ2) is 6.81. The summed E-state index contributed by atoms with van der Waals surface area (Å²) in [5, 5.41) is 11.5. The van der Waals surface area contributed by atoms with E-state index in [9.17, 15) is 13.5 Å². The zero-order valence-electron chi connectivity index (χ0n) is 14.0. The standard InChI is InChI=1S/C18H19BrO5S/c1-3-24-25(21,22)17-7-4-12(2)8-16(17)18(20)11-23-10-13-5-6-14(19)9-15(13)18/h4-9,20H,3,10-11H2,1-2H3. The molecule has 2 aromatic carbocycles. The van der Waals surface area contributed by atoms with Crippen LogP contribution in [0.25, 0.3) is 0 Å². The maximum Gasteiger partial charge on any atom is 0.297 e. The Kier molecular flexibility index (Phi) is 5.05. The van der Waals surface area contributed by atoms with E-state index in [4.69, 9.17) is 8.92 Å². The molecule has 0 fully saturated rings. The third kappa shape index (κ3) is 3.39. The third-order valence-electron chi connectivity index (χ3n) is 4.21. The number of hydrogen-bond donors (Lipinski definition) is 1. The molecule has 0 amide bonds. The van der Waals surface area contributed by atoms with Gasteiger partial charge in [-0.3, -0.25) is 4.18 Å². The van der Waals surface area contributed by atoms with E-state index < -0.39 is 15.7 Å². The van der Waals surface area contributed by atoms with Crippen LogP contribution in [-0.2, 0) is 31.2 Å². The Morgan fingerprint density at radius 1 is 1.24 bits per heavy atom. The predicted octanol–water partition coefficient (Wildman–Crippen LogP) is 3.25. The molecule has 0 saturated heterocycles. The highest BCUT2D eigenvalue weighted by molar-refractivity contribution is 9.10. The number of halogens is 1. The monoisotopic (exact) mass is 426 g/mol. The minimum absolute atomic E-state index is 0.0205. The average Bonchev–Trinajstić information content (AvgIpc) is 2.55. The molecule has 1 aliphatic heterocycles. The van der Waals surface area contributed by atoms with Gasteiger partial charge in [0, 0.05) is 10.0 Å². The molecule has 7 heteroatoms. The topological polar surface area (TPSA) is 72.8 Å². The molecule has 3 rings (SSSR count). The molecule has 0 radical (unpaired) electrons. The van der Waals surface area contributed by atoms with Crippen molar-refractivity contribution in [3.63, 3.8) is 0 Å². The first-order valence-corrected chi connectivity index (χ1v) is 10.1. The van der Waals surface area contributed by atoms with Crippen LogP contribution in [0, 0.1) is 6.92 Å². The number of benzene rings is 2. The molecule has 0 saturated carbocycles. The summed E-state index contributed by atoms with van der Waals surface area (Å²) in [6.07, 6.45) is 0. The van der Waals surface area contributed by atoms with Gasteiger partial charge in [0.2, 0.25) is 0 Å². The van der Waals surface area contributed by atoms with Crippen LogP contribution < -0.4 is 0 Å². The normalized spacial score (nSPS) is 20.3. The predicted molar refractivity (Wildman–Crippen MR) is 96.8 cm³/mol. The van der Waals surface area contributed by atoms with E-state index in [0.29, 0.717) is 12.2 Å². The molecule has 5 nitrogen and oxygen atoms in total. The fourth-order valence-electron chi connectivity index (χ4n) is 3.07. The van der Waals surface area contributed by atoms with E-state index in [1.165, 1.54) is 6.07 Å². The highest BCUT2D eigenvalue weighted by atomic mass is 79.9. The molecule has 0 aromatic heterocycles. The molecule has 1 aliphatic rings. The molecule has 1 unspecified atom stereocenters. The Balaban J connectivity index is 2.27. The highest BCUT2D eigenvalue weighted by Gasteiger charge is 2.41. The van der Waals surface area contributed by atoms with Gasteiger partial charge >= 0.3 is 0 Å². The van der Waals surface area contributed by atoms with Crippen LogP contribution in [-0.4, -0.2) is 26.7 Å². The number of aryl methyl sites for hydroxylation is 1. The first kappa shape index (κ1) is 18.5. The maximum absolute atomic E-state index is 12.5. The van der Waals surface area contributed by atoms with Gasteiger partial charge in [0.15, 0.2) is 0 Å². The lowest BCUT2D eigenvalue weighted by atomic mass is 9.82. The van der Waals surface area contributed by atoms with E-state index in [1.54, 1.807) is 25.1 Å². The summed E-state index contributed by atoms with van der Waals surface area (Å²) in [6, 6.07) is 10.4. The van der Waals surface area contributed by atoms with E-state index in [-0.39, 0.29) is 23.7 Å². The fraction of sp³-hybridized carbons (Fsp3) is 0.333. The lowest BCUT2D eigenvalue weighted by Crippen LogP contribution is -2.39. The molecule has 0 spiro atoms. The lowest BCUT2D eigenvalue weighted by Gasteiger charge is -2.36. The van der Waals surface area contributed by atoms with Crippen molar-refractivity contribution in [1.29, 1.82) is 0 Å². The second-order valence-corrected chi connectivity index (χ2v) is 8.51. The van der Waals surface area contributed by atoms with E-state index in [0.717, 1.165) is 15.6 Å². The lowest BCUT2D eigenvalue weighted by molar-refractivity contribution is -0.0473. The molecule has 134 valence electrons. The van der Waals surface area contributed by atoms with Crippen molar-refractivity contribution in [2.24, 2.45) is 0 Å². The van der Waals surface area contributed by atoms with Gasteiger partial charge in [-0.2, -0.15) is 8.42 Å². The van der Waals surface area contributed by atoms with Crippen LogP contribution in [0.1, 0.15) is 29.2 Å². The Morgan fingerprint density at radius 3 is 2.72 bits per heavy atom. The maximum atomic E-state index is 12.5. The second-order valence-electron chi connectivity index (χ2n) is 6.01. The summed E-state index contributed by atoms with van der Waals surface area (Å²) in [4.78, 5) is -0.0427. The first-order chi connectivity index (χ1) is 11.8. The van der Waals surface area contributed by atoms with Gasteiger partial charge < -0.3 is 9.84 Å². The summed E-state index contributed by atoms with van der Waals surface area (Å²) in [7, 11) is -3.99. The number of fused-ring (bicyclic) bond motifs is 1. The zero-order valence-corrected chi connectivity index (χ0v) is 16.4. The van der Waals surface area contributed by atoms with Gasteiger partial charge in [-0.15, -0.1) is 0 Å². The SMILES string of the molecule is CCOS(=O)(=O)c1ccc(C)cc1C1(O)COCc2ccc(Br)cc21. The number of rotatable bonds is 4. The molecule has 0 bridgehead atoms. The largest absolute Gasteiger partial charge is 0.378 e. The number of aliphatic hydroxyl groups is 1. The van der Waals surface area contributed by atoms with Gasteiger partial charge in [0.05, 0.1) is 19.8 Å². The summed E-state index contributed by atoms with van der Waals surface area (Å²) >= 11 is 3.42. The quantitative estimate of drug-likeness (QED) is 0.759. The summed E-state index contributed by atoms with van der Waals surface area (Å²) in [5.41, 5.74) is 0.967. The van der Waals surface area contributed by atoms with Crippen LogP contribution in [0.4, 0.5) is 0 Å². The summed E-state index contributed by atoms with van der Waals surface area (Å²) in [5.74, 6) is 0. The van der Waals surface area contributed by atoms with Gasteiger partial charge in [0.1, 0.15) is 10.5 Å². The molecule has 2 aromatic rings. The van der Waals surface area contributed by atoms with Crippen LogP contribution in [0.5, 0.6) is 0 Å². The van der Waals surface area contributed by atoms with E-state index in [1.807, 2.05) is 19.1 Å². The van der Waals surface area contributed by atoms with E-state index >= 15 is 0 Å². The molecular weight excluding hydrogens is 408 g/mol. The summed E-state index contributed by atoms with van der Waals surface area (Å²) in [6.45, 7) is 3.80. The van der Waals surface area contributed by atoms with Crippen molar-refractivity contribution in [2.75, 3.05) is 13.2 Å². The Hall–Kier alpha value is -1.25. The minimum atomic E-state index is -3.99. The van der Waals surface area contributed by atoms with Crippen molar-refractivity contribution in [1.82, 2.24) is 0 Å². The fourth-order valence-corrected chi connectivity index (χ4v) is 4.60. The number of hydrogen-bond acceptors (Lipinski definition) is 5. The van der Waals surface area contributed by atoms with Crippen molar-refractivity contribution >= 4 is 26.0 Å². The number of ether oxygens (including phenoxy) is 1. The molecule has 1 atom stereocenters. The zero-order chi connectivity index (χ0) is 18.2. The molecule has 1 N–H and O–H groups in total. The Bertz CT molecular complexity index is 910. The van der Waals surface area contributed by atoms with Gasteiger partial charge in [-0.25, -0.2) is 0 Å². The first-order valence-electron chi connectivity index (χ1n) is 7.87. The van der Waals surface area contributed by atoms with Crippen LogP contribution in [0.15, 0.2) is 45.8 Å². The van der Waals surface area contributed by atoms with Crippen molar-refractivity contribution in [3.8, 4) is 0 Å². The molecule has 25 heavy (non-hydrogen) atoms. The van der Waals surface area contributed by atoms with E-state index in [2.05, 4.69) is 15.9 Å². The molecule has 0 aliphatic carbocycles. The van der Waals surface area contributed by atoms with Gasteiger partial charge in [-0.05, 0) is 43.2 Å². The summed E-state index contributed by atoms with van der Waals surface area (Å²) < 4.78 is 36.4. The van der Waals surface area contributed by atoms with Crippen molar-refractivity contribution in [3.05, 3.63) is 63.1 Å². The van der Waals surface area contributed by atoms with Crippen molar-refractivity contribution < 1.29 is 22.4 Å². The Morgan fingerprint density at radius 2 is 2.00 bits per heavy atom.